The zero-order chi connectivity index (χ0) is 18.4. The van der Waals surface area contributed by atoms with Crippen molar-refractivity contribution in [1.29, 1.82) is 0 Å². The zero-order valence-corrected chi connectivity index (χ0v) is 15.9. The van der Waals surface area contributed by atoms with Gasteiger partial charge < -0.3 is 4.90 Å². The van der Waals surface area contributed by atoms with Gasteiger partial charge in [-0.1, -0.05) is 6.07 Å². The topological polar surface area (TPSA) is 69.6 Å². The molecule has 0 saturated carbocycles. The van der Waals surface area contributed by atoms with Crippen molar-refractivity contribution in [1.82, 2.24) is 18.6 Å². The van der Waals surface area contributed by atoms with Crippen LogP contribution in [0, 0.1) is 0 Å². The summed E-state index contributed by atoms with van der Waals surface area (Å²) in [5.41, 5.74) is 3.00. The highest BCUT2D eigenvalue weighted by atomic mass is 32.2. The molecule has 0 amide bonds. The van der Waals surface area contributed by atoms with Crippen LogP contribution in [-0.4, -0.2) is 60.7 Å². The Labute approximate surface area is 154 Å². The lowest BCUT2D eigenvalue weighted by Gasteiger charge is -2.26. The monoisotopic (exact) mass is 373 g/mol. The average Bonchev–Trinajstić information content (AvgIpc) is 3.20. The maximum absolute atomic E-state index is 12.6. The van der Waals surface area contributed by atoms with Crippen molar-refractivity contribution in [2.45, 2.75) is 18.4 Å². The summed E-state index contributed by atoms with van der Waals surface area (Å²) in [5.74, 6) is 0. The number of anilines is 1. The summed E-state index contributed by atoms with van der Waals surface area (Å²) < 4.78 is 28.0. The van der Waals surface area contributed by atoms with Crippen LogP contribution in [0.4, 0.5) is 5.69 Å². The van der Waals surface area contributed by atoms with Gasteiger partial charge in [0.2, 0.25) is 0 Å². The van der Waals surface area contributed by atoms with Gasteiger partial charge in [-0.15, -0.1) is 0 Å². The summed E-state index contributed by atoms with van der Waals surface area (Å²) >= 11 is 0. The van der Waals surface area contributed by atoms with Crippen LogP contribution < -0.4 is 4.90 Å². The lowest BCUT2D eigenvalue weighted by Crippen LogP contribution is -2.42. The number of hydrogen-bond acceptors (Lipinski definition) is 5. The van der Waals surface area contributed by atoms with Gasteiger partial charge in [-0.3, -0.25) is 9.97 Å². The van der Waals surface area contributed by atoms with Crippen LogP contribution in [0.25, 0.3) is 0 Å². The lowest BCUT2D eigenvalue weighted by molar-refractivity contribution is 0.394. The average molecular weight is 373 g/mol. The van der Waals surface area contributed by atoms with E-state index in [1.807, 2.05) is 18.3 Å². The summed E-state index contributed by atoms with van der Waals surface area (Å²) in [6.45, 7) is 2.51. The molecule has 138 valence electrons. The smallest absolute Gasteiger partial charge is 0.281 e. The predicted molar refractivity (Wildman–Crippen MR) is 100.0 cm³/mol. The van der Waals surface area contributed by atoms with Gasteiger partial charge in [-0.05, 0) is 30.2 Å². The molecule has 0 radical (unpaired) electrons. The minimum atomic E-state index is -3.41. The Balaban J connectivity index is 1.65. The Kier molecular flexibility index (Phi) is 4.21. The molecule has 1 atom stereocenters. The zero-order valence-electron chi connectivity index (χ0n) is 15.0. The first-order valence-corrected chi connectivity index (χ1v) is 10.1. The SMILES string of the molecule is CN(C)S(=O)(=O)N1CCC2(CN(Cc3cccnc3)c3cccnc32)C1. The highest BCUT2D eigenvalue weighted by molar-refractivity contribution is 7.86. The number of hydrogen-bond donors (Lipinski definition) is 0. The number of fused-ring (bicyclic) bond motifs is 2. The number of pyridine rings is 2. The van der Waals surface area contributed by atoms with E-state index in [4.69, 9.17) is 0 Å². The van der Waals surface area contributed by atoms with Gasteiger partial charge >= 0.3 is 0 Å². The molecule has 4 rings (SSSR count). The normalized spacial score (nSPS) is 23.1. The van der Waals surface area contributed by atoms with Gasteiger partial charge in [0.05, 0.1) is 11.4 Å². The van der Waals surface area contributed by atoms with Gasteiger partial charge in [0.1, 0.15) is 0 Å². The number of aromatic nitrogens is 2. The molecular weight excluding hydrogens is 350 g/mol. The Morgan fingerprint density at radius 2 is 2.00 bits per heavy atom. The summed E-state index contributed by atoms with van der Waals surface area (Å²) in [6, 6.07) is 8.02. The van der Waals surface area contributed by atoms with Crippen molar-refractivity contribution in [3.63, 3.8) is 0 Å². The van der Waals surface area contributed by atoms with Crippen molar-refractivity contribution in [2.75, 3.05) is 38.6 Å². The van der Waals surface area contributed by atoms with Crippen LogP contribution in [0.3, 0.4) is 0 Å². The molecule has 4 heterocycles. The maximum atomic E-state index is 12.6. The Bertz CT molecular complexity index is 903. The quantitative estimate of drug-likeness (QED) is 0.807. The molecule has 0 bridgehead atoms. The van der Waals surface area contributed by atoms with E-state index in [1.165, 1.54) is 4.31 Å². The molecule has 2 aromatic heterocycles. The molecule has 0 aromatic carbocycles. The van der Waals surface area contributed by atoms with Crippen LogP contribution in [0.15, 0.2) is 42.9 Å². The van der Waals surface area contributed by atoms with E-state index in [9.17, 15) is 8.42 Å². The van der Waals surface area contributed by atoms with Crippen LogP contribution in [0.2, 0.25) is 0 Å². The van der Waals surface area contributed by atoms with Gasteiger partial charge in [0, 0.05) is 64.3 Å². The van der Waals surface area contributed by atoms with E-state index in [2.05, 4.69) is 27.0 Å². The summed E-state index contributed by atoms with van der Waals surface area (Å²) in [6.07, 6.45) is 6.23. The summed E-state index contributed by atoms with van der Waals surface area (Å²) in [4.78, 5) is 11.2. The van der Waals surface area contributed by atoms with E-state index >= 15 is 0 Å². The molecule has 0 N–H and O–H groups in total. The maximum Gasteiger partial charge on any atom is 0.281 e. The number of rotatable bonds is 4. The van der Waals surface area contributed by atoms with E-state index < -0.39 is 10.2 Å². The second-order valence-electron chi connectivity index (χ2n) is 7.24. The highest BCUT2D eigenvalue weighted by Gasteiger charge is 2.51. The van der Waals surface area contributed by atoms with E-state index in [-0.39, 0.29) is 5.41 Å². The van der Waals surface area contributed by atoms with Crippen molar-refractivity contribution in [2.24, 2.45) is 0 Å². The molecule has 0 aliphatic carbocycles. The molecule has 7 nitrogen and oxygen atoms in total. The van der Waals surface area contributed by atoms with Crippen LogP contribution in [0.5, 0.6) is 0 Å². The molecule has 1 spiro atoms. The number of nitrogens with zero attached hydrogens (tertiary/aromatic N) is 5. The molecule has 1 saturated heterocycles. The van der Waals surface area contributed by atoms with Crippen molar-refractivity contribution in [3.8, 4) is 0 Å². The van der Waals surface area contributed by atoms with Gasteiger partial charge in [-0.25, -0.2) is 0 Å². The van der Waals surface area contributed by atoms with Crippen molar-refractivity contribution >= 4 is 15.9 Å². The standard InChI is InChI=1S/C18H23N5O2S/c1-21(2)26(24,25)23-10-7-18(14-23)13-22(12-15-5-3-8-19-11-15)16-6-4-9-20-17(16)18/h3-6,8-9,11H,7,10,12-14H2,1-2H3. The highest BCUT2D eigenvalue weighted by Crippen LogP contribution is 2.46. The first kappa shape index (κ1) is 17.4. The molecule has 2 aliphatic heterocycles. The Hall–Kier alpha value is -2.03. The van der Waals surface area contributed by atoms with Crippen LogP contribution in [-0.2, 0) is 22.2 Å². The van der Waals surface area contributed by atoms with E-state index in [1.54, 1.807) is 30.8 Å². The molecule has 26 heavy (non-hydrogen) atoms. The Morgan fingerprint density at radius 1 is 1.19 bits per heavy atom. The predicted octanol–water partition coefficient (Wildman–Crippen LogP) is 1.25. The van der Waals surface area contributed by atoms with Crippen LogP contribution >= 0.6 is 0 Å². The first-order valence-electron chi connectivity index (χ1n) is 8.69. The second-order valence-corrected chi connectivity index (χ2v) is 9.38. The Morgan fingerprint density at radius 3 is 2.73 bits per heavy atom. The summed E-state index contributed by atoms with van der Waals surface area (Å²) in [7, 11) is -0.250. The third kappa shape index (κ3) is 2.78. The fraction of sp³-hybridized carbons (Fsp3) is 0.444. The molecule has 8 heteroatoms. The molecule has 1 unspecified atom stereocenters. The first-order chi connectivity index (χ1) is 12.4. The fourth-order valence-corrected chi connectivity index (χ4v) is 5.22. The lowest BCUT2D eigenvalue weighted by atomic mass is 9.85. The molecule has 1 fully saturated rings. The summed E-state index contributed by atoms with van der Waals surface area (Å²) in [5, 5.41) is 0. The minimum absolute atomic E-state index is 0.248. The van der Waals surface area contributed by atoms with Gasteiger partial charge in [0.25, 0.3) is 10.2 Å². The van der Waals surface area contributed by atoms with Crippen molar-refractivity contribution in [3.05, 3.63) is 54.1 Å². The van der Waals surface area contributed by atoms with Crippen LogP contribution in [0.1, 0.15) is 17.7 Å². The second kappa shape index (κ2) is 6.29. The van der Waals surface area contributed by atoms with Gasteiger partial charge in [-0.2, -0.15) is 17.0 Å². The largest absolute Gasteiger partial charge is 0.365 e. The molecule has 2 aliphatic rings. The van der Waals surface area contributed by atoms with E-state index in [0.29, 0.717) is 13.1 Å². The van der Waals surface area contributed by atoms with Gasteiger partial charge in [0.15, 0.2) is 0 Å². The molecule has 2 aromatic rings. The third-order valence-electron chi connectivity index (χ3n) is 5.33. The van der Waals surface area contributed by atoms with Crippen molar-refractivity contribution < 1.29 is 8.42 Å². The van der Waals surface area contributed by atoms with E-state index in [0.717, 1.165) is 36.5 Å². The fourth-order valence-electron chi connectivity index (χ4n) is 4.02. The minimum Gasteiger partial charge on any atom is -0.365 e. The molecular formula is C18H23N5O2S. The third-order valence-corrected chi connectivity index (χ3v) is 7.21.